The normalized spacial score (nSPS) is 12.7. The van der Waals surface area contributed by atoms with Crippen molar-refractivity contribution < 1.29 is 5.11 Å². The molecule has 2 nitrogen and oxygen atoms in total. The second kappa shape index (κ2) is 6.56. The number of thiazole rings is 1. The van der Waals surface area contributed by atoms with Gasteiger partial charge in [0.2, 0.25) is 0 Å². The Balaban J connectivity index is 1.74. The molecule has 0 radical (unpaired) electrons. The Labute approximate surface area is 133 Å². The van der Waals surface area contributed by atoms with Crippen LogP contribution in [0.1, 0.15) is 10.6 Å². The minimum atomic E-state index is 0.155. The molecule has 4 heteroatoms. The summed E-state index contributed by atoms with van der Waals surface area (Å²) in [6, 6.07) is 16.0. The van der Waals surface area contributed by atoms with Crippen LogP contribution in [-0.2, 0) is 12.8 Å². The van der Waals surface area contributed by atoms with Crippen LogP contribution in [0.5, 0.6) is 0 Å². The minimum Gasteiger partial charge on any atom is -0.396 e. The average molecular weight is 318 g/mol. The molecular weight excluding hydrogens is 302 g/mol. The smallest absolute Gasteiger partial charge is 0.0942 e. The lowest BCUT2D eigenvalue weighted by Gasteiger charge is -2.12. The number of aliphatic hydroxyl groups excluding tert-OH is 1. The lowest BCUT2D eigenvalue weighted by atomic mass is 9.97. The highest BCUT2D eigenvalue weighted by Crippen LogP contribution is 2.25. The molecule has 3 aromatic rings. The molecule has 2 aromatic carbocycles. The largest absolute Gasteiger partial charge is 0.396 e. The molecule has 0 saturated carbocycles. The van der Waals surface area contributed by atoms with Crippen molar-refractivity contribution in [2.45, 2.75) is 12.8 Å². The van der Waals surface area contributed by atoms with Crippen molar-refractivity contribution in [3.05, 3.63) is 64.1 Å². The summed E-state index contributed by atoms with van der Waals surface area (Å²) < 4.78 is 1.20. The first-order valence-corrected chi connectivity index (χ1v) is 8.14. The molecule has 0 aliphatic carbocycles. The number of aromatic nitrogens is 1. The zero-order valence-corrected chi connectivity index (χ0v) is 13.1. The molecule has 3 rings (SSSR count). The number of aliphatic hydroxyl groups is 1. The van der Waals surface area contributed by atoms with E-state index in [1.54, 1.807) is 11.3 Å². The van der Waals surface area contributed by atoms with E-state index < -0.39 is 0 Å². The number of hydrogen-bond acceptors (Lipinski definition) is 3. The van der Waals surface area contributed by atoms with Gasteiger partial charge in [0, 0.05) is 18.1 Å². The summed E-state index contributed by atoms with van der Waals surface area (Å²) >= 11 is 7.72. The molecule has 21 heavy (non-hydrogen) atoms. The second-order valence-electron chi connectivity index (χ2n) is 5.16. The minimum absolute atomic E-state index is 0.155. The molecule has 0 aliphatic heterocycles. The van der Waals surface area contributed by atoms with Gasteiger partial charge in [-0.1, -0.05) is 35.9 Å². The number of nitrogens with zero attached hydrogens (tertiary/aromatic N) is 1. The van der Waals surface area contributed by atoms with Gasteiger partial charge in [0.1, 0.15) is 0 Å². The predicted octanol–water partition coefficient (Wildman–Crippen LogP) is 4.34. The third kappa shape index (κ3) is 3.62. The summed E-state index contributed by atoms with van der Waals surface area (Å²) in [6.45, 7) is 0.155. The van der Waals surface area contributed by atoms with E-state index in [-0.39, 0.29) is 12.5 Å². The Hall–Kier alpha value is -1.42. The topological polar surface area (TPSA) is 33.1 Å². The van der Waals surface area contributed by atoms with Gasteiger partial charge < -0.3 is 5.11 Å². The Morgan fingerprint density at radius 3 is 2.71 bits per heavy atom. The standard InChI is InChI=1S/C17H16ClNOS/c18-14-5-3-4-12(9-14)8-13(11-20)10-17-19-15-6-1-2-7-16(15)21-17/h1-7,9,13,20H,8,10-11H2. The maximum atomic E-state index is 9.64. The number of rotatable bonds is 5. The lowest BCUT2D eigenvalue weighted by molar-refractivity contribution is 0.225. The van der Waals surface area contributed by atoms with E-state index in [2.05, 4.69) is 11.1 Å². The quantitative estimate of drug-likeness (QED) is 0.759. The van der Waals surface area contributed by atoms with Gasteiger partial charge in [-0.05, 0) is 42.2 Å². The molecule has 108 valence electrons. The average Bonchev–Trinajstić information content (AvgIpc) is 2.89. The number of halogens is 1. The van der Waals surface area contributed by atoms with Gasteiger partial charge in [-0.15, -0.1) is 11.3 Å². The maximum absolute atomic E-state index is 9.64. The number of para-hydroxylation sites is 1. The van der Waals surface area contributed by atoms with Gasteiger partial charge in [-0.3, -0.25) is 0 Å². The van der Waals surface area contributed by atoms with E-state index in [9.17, 15) is 5.11 Å². The fourth-order valence-electron chi connectivity index (χ4n) is 2.45. The van der Waals surface area contributed by atoms with Crippen molar-refractivity contribution in [1.82, 2.24) is 4.98 Å². The molecule has 0 bridgehead atoms. The number of hydrogen-bond donors (Lipinski definition) is 1. The van der Waals surface area contributed by atoms with Gasteiger partial charge >= 0.3 is 0 Å². The van der Waals surface area contributed by atoms with Crippen LogP contribution in [0.3, 0.4) is 0 Å². The van der Waals surface area contributed by atoms with E-state index in [1.807, 2.05) is 42.5 Å². The summed E-state index contributed by atoms with van der Waals surface area (Å²) in [6.07, 6.45) is 1.61. The Morgan fingerprint density at radius 2 is 1.95 bits per heavy atom. The fourth-order valence-corrected chi connectivity index (χ4v) is 3.75. The van der Waals surface area contributed by atoms with Gasteiger partial charge in [-0.25, -0.2) is 4.98 Å². The summed E-state index contributed by atoms with van der Waals surface area (Å²) in [7, 11) is 0. The van der Waals surface area contributed by atoms with E-state index >= 15 is 0 Å². The fraction of sp³-hybridized carbons (Fsp3) is 0.235. The van der Waals surface area contributed by atoms with Crippen LogP contribution in [0.15, 0.2) is 48.5 Å². The molecule has 0 amide bonds. The summed E-state index contributed by atoms with van der Waals surface area (Å²) in [4.78, 5) is 4.64. The third-order valence-electron chi connectivity index (χ3n) is 3.47. The highest BCUT2D eigenvalue weighted by atomic mass is 35.5. The van der Waals surface area contributed by atoms with Crippen LogP contribution in [0.25, 0.3) is 10.2 Å². The number of fused-ring (bicyclic) bond motifs is 1. The highest BCUT2D eigenvalue weighted by Gasteiger charge is 2.13. The van der Waals surface area contributed by atoms with E-state index in [1.165, 1.54) is 4.70 Å². The summed E-state index contributed by atoms with van der Waals surface area (Å²) in [5.74, 6) is 0.170. The summed E-state index contributed by atoms with van der Waals surface area (Å²) in [5, 5.41) is 11.5. The van der Waals surface area contributed by atoms with Gasteiger partial charge in [-0.2, -0.15) is 0 Å². The molecule has 0 aliphatic rings. The van der Waals surface area contributed by atoms with Crippen LogP contribution in [0, 0.1) is 5.92 Å². The van der Waals surface area contributed by atoms with Crippen molar-refractivity contribution in [1.29, 1.82) is 0 Å². The molecule has 0 spiro atoms. The Kier molecular flexibility index (Phi) is 4.54. The van der Waals surface area contributed by atoms with Crippen LogP contribution in [0.2, 0.25) is 5.02 Å². The van der Waals surface area contributed by atoms with Gasteiger partial charge in [0.25, 0.3) is 0 Å². The van der Waals surface area contributed by atoms with Crippen molar-refractivity contribution in [3.63, 3.8) is 0 Å². The molecule has 1 unspecified atom stereocenters. The molecular formula is C17H16ClNOS. The molecule has 0 saturated heterocycles. The molecule has 1 atom stereocenters. The van der Waals surface area contributed by atoms with Crippen molar-refractivity contribution >= 4 is 33.2 Å². The monoisotopic (exact) mass is 317 g/mol. The highest BCUT2D eigenvalue weighted by molar-refractivity contribution is 7.18. The zero-order chi connectivity index (χ0) is 14.7. The molecule has 1 aromatic heterocycles. The first-order chi connectivity index (χ1) is 10.2. The first kappa shape index (κ1) is 14.5. The second-order valence-corrected chi connectivity index (χ2v) is 6.71. The maximum Gasteiger partial charge on any atom is 0.0942 e. The van der Waals surface area contributed by atoms with Gasteiger partial charge in [0.05, 0.1) is 15.2 Å². The van der Waals surface area contributed by atoms with Crippen molar-refractivity contribution in [2.75, 3.05) is 6.61 Å². The van der Waals surface area contributed by atoms with Gasteiger partial charge in [0.15, 0.2) is 0 Å². The molecule has 1 N–H and O–H groups in total. The summed E-state index contributed by atoms with van der Waals surface area (Å²) in [5.41, 5.74) is 2.19. The molecule has 1 heterocycles. The van der Waals surface area contributed by atoms with Crippen LogP contribution in [0.4, 0.5) is 0 Å². The lowest BCUT2D eigenvalue weighted by Crippen LogP contribution is -2.12. The van der Waals surface area contributed by atoms with Crippen molar-refractivity contribution in [3.8, 4) is 0 Å². The number of benzene rings is 2. The van der Waals surface area contributed by atoms with Crippen LogP contribution in [-0.4, -0.2) is 16.7 Å². The van der Waals surface area contributed by atoms with E-state index in [0.717, 1.165) is 34.0 Å². The first-order valence-electron chi connectivity index (χ1n) is 6.94. The third-order valence-corrected chi connectivity index (χ3v) is 4.77. The van der Waals surface area contributed by atoms with E-state index in [0.29, 0.717) is 0 Å². The van der Waals surface area contributed by atoms with Crippen molar-refractivity contribution in [2.24, 2.45) is 5.92 Å². The predicted molar refractivity (Wildman–Crippen MR) is 89.1 cm³/mol. The van der Waals surface area contributed by atoms with Crippen LogP contribution >= 0.6 is 22.9 Å². The van der Waals surface area contributed by atoms with E-state index in [4.69, 9.17) is 11.6 Å². The zero-order valence-electron chi connectivity index (χ0n) is 11.5. The Bertz CT molecular complexity index is 707. The molecule has 0 fully saturated rings. The SMILES string of the molecule is OCC(Cc1cccc(Cl)c1)Cc1nc2ccccc2s1. The Morgan fingerprint density at radius 1 is 1.10 bits per heavy atom. The van der Waals surface area contributed by atoms with Crippen LogP contribution < -0.4 is 0 Å².